The summed E-state index contributed by atoms with van der Waals surface area (Å²) in [6.45, 7) is 5.16. The molecule has 1 aliphatic carbocycles. The van der Waals surface area contributed by atoms with Gasteiger partial charge < -0.3 is 10.0 Å². The van der Waals surface area contributed by atoms with Crippen molar-refractivity contribution in [1.82, 2.24) is 0 Å². The highest BCUT2D eigenvalue weighted by molar-refractivity contribution is 5.49. The van der Waals surface area contributed by atoms with Gasteiger partial charge in [-0.15, -0.1) is 0 Å². The van der Waals surface area contributed by atoms with E-state index in [-0.39, 0.29) is 6.10 Å². The normalized spacial score (nSPS) is 17.2. The summed E-state index contributed by atoms with van der Waals surface area (Å²) < 4.78 is 0. The Morgan fingerprint density at radius 3 is 2.38 bits per heavy atom. The summed E-state index contributed by atoms with van der Waals surface area (Å²) in [5.74, 6) is 0. The molecule has 1 aliphatic rings. The Bertz CT molecular complexity index is 327. The second-order valence-corrected chi connectivity index (χ2v) is 4.69. The van der Waals surface area contributed by atoms with Crippen molar-refractivity contribution in [3.63, 3.8) is 0 Å². The predicted molar refractivity (Wildman–Crippen MR) is 67.7 cm³/mol. The zero-order valence-corrected chi connectivity index (χ0v) is 10.2. The topological polar surface area (TPSA) is 23.5 Å². The number of hydrogen-bond donors (Lipinski definition) is 1. The predicted octanol–water partition coefficient (Wildman–Crippen LogP) is 3.12. The quantitative estimate of drug-likeness (QED) is 0.822. The maximum absolute atomic E-state index is 9.46. The first-order chi connectivity index (χ1) is 7.72. The molecule has 16 heavy (non-hydrogen) atoms. The molecular formula is C14H21NO. The molecule has 0 radical (unpaired) electrons. The molecule has 0 heterocycles. The number of hydrogen-bond acceptors (Lipinski definition) is 2. The first kappa shape index (κ1) is 11.5. The fourth-order valence-electron chi connectivity index (χ4n) is 2.09. The highest BCUT2D eigenvalue weighted by Crippen LogP contribution is 2.32. The van der Waals surface area contributed by atoms with Gasteiger partial charge in [0.05, 0.1) is 6.10 Å². The zero-order chi connectivity index (χ0) is 11.5. The largest absolute Gasteiger partial charge is 0.389 e. The van der Waals surface area contributed by atoms with Crippen molar-refractivity contribution in [3.05, 3.63) is 29.8 Å². The summed E-state index contributed by atoms with van der Waals surface area (Å²) in [6, 6.07) is 9.10. The third-order valence-corrected chi connectivity index (χ3v) is 3.16. The Morgan fingerprint density at radius 2 is 1.94 bits per heavy atom. The molecule has 1 atom stereocenters. The maximum atomic E-state index is 9.46. The van der Waals surface area contributed by atoms with Crippen LogP contribution in [0.15, 0.2) is 24.3 Å². The van der Waals surface area contributed by atoms with E-state index in [9.17, 15) is 5.11 Å². The zero-order valence-electron chi connectivity index (χ0n) is 10.2. The summed E-state index contributed by atoms with van der Waals surface area (Å²) in [7, 11) is 0. The van der Waals surface area contributed by atoms with E-state index >= 15 is 0 Å². The highest BCUT2D eigenvalue weighted by Gasteiger charge is 2.28. The van der Waals surface area contributed by atoms with Crippen LogP contribution < -0.4 is 4.90 Å². The van der Waals surface area contributed by atoms with Crippen molar-refractivity contribution in [2.24, 2.45) is 0 Å². The molecule has 1 saturated carbocycles. The molecule has 0 spiro atoms. The molecule has 1 aromatic rings. The van der Waals surface area contributed by atoms with E-state index in [4.69, 9.17) is 0 Å². The Hall–Kier alpha value is -1.02. The van der Waals surface area contributed by atoms with Gasteiger partial charge in [0.15, 0.2) is 0 Å². The van der Waals surface area contributed by atoms with Gasteiger partial charge in [-0.2, -0.15) is 0 Å². The smallest absolute Gasteiger partial charge is 0.0761 e. The van der Waals surface area contributed by atoms with E-state index in [0.717, 1.165) is 18.2 Å². The lowest BCUT2D eigenvalue weighted by molar-refractivity contribution is 0.199. The summed E-state index contributed by atoms with van der Waals surface area (Å²) in [4.78, 5) is 2.49. The molecule has 1 aromatic carbocycles. The minimum atomic E-state index is -0.366. The van der Waals surface area contributed by atoms with Crippen LogP contribution in [0.4, 0.5) is 5.69 Å². The Kier molecular flexibility index (Phi) is 3.49. The minimum absolute atomic E-state index is 0.366. The van der Waals surface area contributed by atoms with Crippen LogP contribution in [0.5, 0.6) is 0 Å². The Balaban J connectivity index is 2.11. The lowest BCUT2D eigenvalue weighted by Crippen LogP contribution is -2.26. The van der Waals surface area contributed by atoms with Gasteiger partial charge in [0.1, 0.15) is 0 Å². The van der Waals surface area contributed by atoms with Gasteiger partial charge >= 0.3 is 0 Å². The van der Waals surface area contributed by atoms with Gasteiger partial charge in [0.2, 0.25) is 0 Å². The molecule has 1 fully saturated rings. The van der Waals surface area contributed by atoms with E-state index in [0.29, 0.717) is 0 Å². The van der Waals surface area contributed by atoms with Crippen LogP contribution in [-0.2, 0) is 0 Å². The fourth-order valence-corrected chi connectivity index (χ4v) is 2.09. The highest BCUT2D eigenvalue weighted by atomic mass is 16.3. The third-order valence-electron chi connectivity index (χ3n) is 3.16. The van der Waals surface area contributed by atoms with Crippen LogP contribution in [-0.4, -0.2) is 17.7 Å². The Labute approximate surface area is 97.9 Å². The third kappa shape index (κ3) is 2.56. The molecule has 88 valence electrons. The number of nitrogens with zero attached hydrogens (tertiary/aromatic N) is 1. The molecule has 1 N–H and O–H groups in total. The molecule has 0 amide bonds. The van der Waals surface area contributed by atoms with E-state index in [1.54, 1.807) is 6.92 Å². The fraction of sp³-hybridized carbons (Fsp3) is 0.571. The number of rotatable bonds is 5. The molecule has 2 nitrogen and oxygen atoms in total. The molecule has 0 aliphatic heterocycles. The summed E-state index contributed by atoms with van der Waals surface area (Å²) >= 11 is 0. The van der Waals surface area contributed by atoms with Gasteiger partial charge in [0.25, 0.3) is 0 Å². The first-order valence-electron chi connectivity index (χ1n) is 6.27. The summed E-state index contributed by atoms with van der Waals surface area (Å²) in [6.07, 6.45) is 3.49. The average Bonchev–Trinajstić information content (AvgIpc) is 3.10. The summed E-state index contributed by atoms with van der Waals surface area (Å²) in [5, 5.41) is 9.46. The molecule has 0 unspecified atom stereocenters. The first-order valence-corrected chi connectivity index (χ1v) is 6.27. The molecule has 0 aromatic heterocycles. The number of aliphatic hydroxyl groups is 1. The van der Waals surface area contributed by atoms with E-state index in [2.05, 4.69) is 24.0 Å². The van der Waals surface area contributed by atoms with E-state index < -0.39 is 0 Å². The molecule has 2 heteroatoms. The van der Waals surface area contributed by atoms with E-state index in [1.807, 2.05) is 12.1 Å². The summed E-state index contributed by atoms with van der Waals surface area (Å²) in [5.41, 5.74) is 2.30. The maximum Gasteiger partial charge on any atom is 0.0761 e. The second-order valence-electron chi connectivity index (χ2n) is 4.69. The van der Waals surface area contributed by atoms with Crippen LogP contribution in [0.1, 0.15) is 44.8 Å². The van der Waals surface area contributed by atoms with Crippen LogP contribution in [0, 0.1) is 0 Å². The number of benzene rings is 1. The second kappa shape index (κ2) is 4.88. The van der Waals surface area contributed by atoms with Crippen molar-refractivity contribution in [2.75, 3.05) is 11.4 Å². The molecule has 0 bridgehead atoms. The van der Waals surface area contributed by atoms with Crippen molar-refractivity contribution in [1.29, 1.82) is 0 Å². The monoisotopic (exact) mass is 219 g/mol. The van der Waals surface area contributed by atoms with Crippen molar-refractivity contribution in [2.45, 2.75) is 45.3 Å². The van der Waals surface area contributed by atoms with Gasteiger partial charge in [-0.25, -0.2) is 0 Å². The van der Waals surface area contributed by atoms with Gasteiger partial charge in [0, 0.05) is 18.3 Å². The molecule has 2 rings (SSSR count). The Morgan fingerprint density at radius 1 is 1.31 bits per heavy atom. The molecule has 0 saturated heterocycles. The number of anilines is 1. The average molecular weight is 219 g/mol. The minimum Gasteiger partial charge on any atom is -0.389 e. The van der Waals surface area contributed by atoms with Crippen LogP contribution in [0.2, 0.25) is 0 Å². The lowest BCUT2D eigenvalue weighted by Gasteiger charge is -2.24. The van der Waals surface area contributed by atoms with Gasteiger partial charge in [-0.1, -0.05) is 19.1 Å². The van der Waals surface area contributed by atoms with Crippen LogP contribution in [0.3, 0.4) is 0 Å². The lowest BCUT2D eigenvalue weighted by atomic mass is 10.1. The number of aliphatic hydroxyl groups excluding tert-OH is 1. The van der Waals surface area contributed by atoms with Crippen LogP contribution in [0.25, 0.3) is 0 Å². The van der Waals surface area contributed by atoms with E-state index in [1.165, 1.54) is 24.9 Å². The molecular weight excluding hydrogens is 198 g/mol. The van der Waals surface area contributed by atoms with Gasteiger partial charge in [-0.05, 0) is 43.9 Å². The van der Waals surface area contributed by atoms with Gasteiger partial charge in [-0.3, -0.25) is 0 Å². The SMILES string of the molecule is CCCN(c1ccc([C@H](C)O)cc1)C1CC1. The van der Waals surface area contributed by atoms with Crippen molar-refractivity contribution >= 4 is 5.69 Å². The van der Waals surface area contributed by atoms with Crippen molar-refractivity contribution < 1.29 is 5.11 Å². The standard InChI is InChI=1S/C14H21NO/c1-3-10-15(14-8-9-14)13-6-4-12(5-7-13)11(2)16/h4-7,11,14,16H,3,8-10H2,1-2H3/t11-/m0/s1. The van der Waals surface area contributed by atoms with Crippen LogP contribution >= 0.6 is 0 Å². The van der Waals surface area contributed by atoms with Crippen molar-refractivity contribution in [3.8, 4) is 0 Å².